The van der Waals surface area contributed by atoms with Crippen LogP contribution >= 0.6 is 0 Å². The number of aryl methyl sites for hydroxylation is 1. The summed E-state index contributed by atoms with van der Waals surface area (Å²) in [6.07, 6.45) is 1.78. The fourth-order valence-electron chi connectivity index (χ4n) is 1.56. The number of rotatable bonds is 1. The number of imidazole rings is 1. The van der Waals surface area contributed by atoms with Gasteiger partial charge in [-0.1, -0.05) is 13.8 Å². The van der Waals surface area contributed by atoms with E-state index in [1.165, 1.54) is 0 Å². The number of pyridine rings is 1. The van der Waals surface area contributed by atoms with Crippen molar-refractivity contribution in [1.29, 1.82) is 0 Å². The number of hydrogen-bond donors (Lipinski definition) is 0. The van der Waals surface area contributed by atoms with Crippen molar-refractivity contribution in [3.8, 4) is 0 Å². The Balaban J connectivity index is 2.74. The zero-order chi connectivity index (χ0) is 9.42. The molecule has 68 valence electrons. The average molecular weight is 175 g/mol. The zero-order valence-electron chi connectivity index (χ0n) is 8.15. The van der Waals surface area contributed by atoms with Gasteiger partial charge < -0.3 is 4.57 Å². The molecule has 0 aliphatic carbocycles. The van der Waals surface area contributed by atoms with Gasteiger partial charge in [-0.3, -0.25) is 0 Å². The van der Waals surface area contributed by atoms with E-state index in [-0.39, 0.29) is 0 Å². The molecule has 2 aromatic rings. The lowest BCUT2D eigenvalue weighted by molar-refractivity contribution is 0.722. The highest BCUT2D eigenvalue weighted by molar-refractivity contribution is 5.71. The first-order valence-electron chi connectivity index (χ1n) is 4.47. The number of hydrogen-bond acceptors (Lipinski definition) is 2. The Morgan fingerprint density at radius 2 is 2.15 bits per heavy atom. The molecule has 0 bridgehead atoms. The molecular weight excluding hydrogens is 162 g/mol. The molecule has 0 saturated carbocycles. The molecule has 0 fully saturated rings. The van der Waals surface area contributed by atoms with Crippen molar-refractivity contribution < 1.29 is 0 Å². The van der Waals surface area contributed by atoms with Crippen LogP contribution in [0.5, 0.6) is 0 Å². The van der Waals surface area contributed by atoms with E-state index < -0.39 is 0 Å². The van der Waals surface area contributed by atoms with Crippen LogP contribution in [0.25, 0.3) is 11.2 Å². The Morgan fingerprint density at radius 3 is 2.77 bits per heavy atom. The van der Waals surface area contributed by atoms with Gasteiger partial charge in [0.1, 0.15) is 5.82 Å². The molecule has 0 atom stereocenters. The monoisotopic (exact) mass is 175 g/mol. The molecule has 2 aromatic heterocycles. The minimum Gasteiger partial charge on any atom is -0.330 e. The van der Waals surface area contributed by atoms with Crippen LogP contribution in [0.2, 0.25) is 0 Å². The third kappa shape index (κ3) is 1.20. The van der Waals surface area contributed by atoms with Crippen LogP contribution in [0.15, 0.2) is 18.3 Å². The summed E-state index contributed by atoms with van der Waals surface area (Å²) < 4.78 is 2.10. The molecular formula is C10H13N3. The molecule has 3 heteroatoms. The minimum absolute atomic E-state index is 0.444. The lowest BCUT2D eigenvalue weighted by atomic mass is 10.2. The number of nitrogens with zero attached hydrogens (tertiary/aromatic N) is 3. The first-order chi connectivity index (χ1) is 6.20. The van der Waals surface area contributed by atoms with Gasteiger partial charge in [0.2, 0.25) is 0 Å². The molecule has 2 rings (SSSR count). The SMILES string of the molecule is CC(C)c1nc2ncccc2n1C. The summed E-state index contributed by atoms with van der Waals surface area (Å²) in [7, 11) is 2.03. The van der Waals surface area contributed by atoms with E-state index in [1.54, 1.807) is 6.20 Å². The van der Waals surface area contributed by atoms with E-state index in [0.29, 0.717) is 5.92 Å². The summed E-state index contributed by atoms with van der Waals surface area (Å²) in [5, 5.41) is 0. The molecule has 0 N–H and O–H groups in total. The fourth-order valence-corrected chi connectivity index (χ4v) is 1.56. The second-order valence-electron chi connectivity index (χ2n) is 3.53. The average Bonchev–Trinajstić information content (AvgIpc) is 2.45. The van der Waals surface area contributed by atoms with Gasteiger partial charge in [-0.05, 0) is 12.1 Å². The largest absolute Gasteiger partial charge is 0.330 e. The first-order valence-corrected chi connectivity index (χ1v) is 4.47. The van der Waals surface area contributed by atoms with E-state index in [1.807, 2.05) is 19.2 Å². The molecule has 0 aliphatic rings. The molecule has 0 amide bonds. The second-order valence-corrected chi connectivity index (χ2v) is 3.53. The third-order valence-electron chi connectivity index (χ3n) is 2.21. The van der Waals surface area contributed by atoms with Crippen LogP contribution in [0.1, 0.15) is 25.6 Å². The van der Waals surface area contributed by atoms with Crippen LogP contribution in [0.3, 0.4) is 0 Å². The second kappa shape index (κ2) is 2.83. The van der Waals surface area contributed by atoms with Gasteiger partial charge in [0.05, 0.1) is 5.52 Å². The first kappa shape index (κ1) is 8.23. The predicted octanol–water partition coefficient (Wildman–Crippen LogP) is 2.09. The zero-order valence-corrected chi connectivity index (χ0v) is 8.15. The molecule has 3 nitrogen and oxygen atoms in total. The Bertz CT molecular complexity index is 429. The summed E-state index contributed by atoms with van der Waals surface area (Å²) in [6, 6.07) is 3.98. The Hall–Kier alpha value is -1.38. The van der Waals surface area contributed by atoms with Crippen molar-refractivity contribution in [3.05, 3.63) is 24.2 Å². The van der Waals surface area contributed by atoms with Crippen LogP contribution in [-0.4, -0.2) is 14.5 Å². The molecule has 0 aromatic carbocycles. The van der Waals surface area contributed by atoms with Crippen LogP contribution in [0.4, 0.5) is 0 Å². The molecule has 0 aliphatic heterocycles. The van der Waals surface area contributed by atoms with Gasteiger partial charge in [0, 0.05) is 19.2 Å². The molecule has 0 unspecified atom stereocenters. The maximum absolute atomic E-state index is 4.46. The summed E-state index contributed by atoms with van der Waals surface area (Å²) in [4.78, 5) is 8.68. The van der Waals surface area contributed by atoms with Crippen LogP contribution in [0, 0.1) is 0 Å². The van der Waals surface area contributed by atoms with Gasteiger partial charge in [-0.25, -0.2) is 9.97 Å². The Labute approximate surface area is 77.4 Å². The van der Waals surface area contributed by atoms with Crippen molar-refractivity contribution in [2.45, 2.75) is 19.8 Å². The lowest BCUT2D eigenvalue weighted by Gasteiger charge is -2.03. The quantitative estimate of drug-likeness (QED) is 0.664. The van der Waals surface area contributed by atoms with Crippen LogP contribution in [-0.2, 0) is 7.05 Å². The van der Waals surface area contributed by atoms with Crippen molar-refractivity contribution in [1.82, 2.24) is 14.5 Å². The highest BCUT2D eigenvalue weighted by Crippen LogP contribution is 2.17. The van der Waals surface area contributed by atoms with Crippen molar-refractivity contribution in [2.75, 3.05) is 0 Å². The van der Waals surface area contributed by atoms with Gasteiger partial charge in [-0.2, -0.15) is 0 Å². The van der Waals surface area contributed by atoms with Gasteiger partial charge in [-0.15, -0.1) is 0 Å². The van der Waals surface area contributed by atoms with E-state index in [9.17, 15) is 0 Å². The predicted molar refractivity (Wildman–Crippen MR) is 52.6 cm³/mol. The standard InChI is InChI=1S/C10H13N3/c1-7(2)10-12-9-8(13(10)3)5-4-6-11-9/h4-7H,1-3H3. The Kier molecular flexibility index (Phi) is 1.79. The maximum atomic E-state index is 4.46. The van der Waals surface area contributed by atoms with Crippen molar-refractivity contribution in [2.24, 2.45) is 7.05 Å². The summed E-state index contributed by atoms with van der Waals surface area (Å²) >= 11 is 0. The van der Waals surface area contributed by atoms with Gasteiger partial charge in [0.25, 0.3) is 0 Å². The number of aromatic nitrogens is 3. The highest BCUT2D eigenvalue weighted by atomic mass is 15.1. The van der Waals surface area contributed by atoms with E-state index >= 15 is 0 Å². The molecule has 0 spiro atoms. The molecule has 13 heavy (non-hydrogen) atoms. The van der Waals surface area contributed by atoms with Crippen molar-refractivity contribution >= 4 is 11.2 Å². The summed E-state index contributed by atoms with van der Waals surface area (Å²) in [5.41, 5.74) is 1.94. The molecule has 0 saturated heterocycles. The van der Waals surface area contributed by atoms with Gasteiger partial charge >= 0.3 is 0 Å². The normalized spacial score (nSPS) is 11.4. The summed E-state index contributed by atoms with van der Waals surface area (Å²) in [5.74, 6) is 1.54. The molecule has 0 radical (unpaired) electrons. The third-order valence-corrected chi connectivity index (χ3v) is 2.21. The highest BCUT2D eigenvalue weighted by Gasteiger charge is 2.10. The topological polar surface area (TPSA) is 30.7 Å². The number of fused-ring (bicyclic) bond motifs is 1. The fraction of sp³-hybridized carbons (Fsp3) is 0.400. The van der Waals surface area contributed by atoms with E-state index in [0.717, 1.165) is 17.0 Å². The Morgan fingerprint density at radius 1 is 1.38 bits per heavy atom. The maximum Gasteiger partial charge on any atom is 0.177 e. The van der Waals surface area contributed by atoms with Gasteiger partial charge in [0.15, 0.2) is 5.65 Å². The minimum atomic E-state index is 0.444. The lowest BCUT2D eigenvalue weighted by Crippen LogP contribution is -1.99. The van der Waals surface area contributed by atoms with E-state index in [4.69, 9.17) is 0 Å². The van der Waals surface area contributed by atoms with Crippen LogP contribution < -0.4 is 0 Å². The van der Waals surface area contributed by atoms with Crippen molar-refractivity contribution in [3.63, 3.8) is 0 Å². The molecule has 2 heterocycles. The smallest absolute Gasteiger partial charge is 0.177 e. The summed E-state index contributed by atoms with van der Waals surface area (Å²) in [6.45, 7) is 4.28. The van der Waals surface area contributed by atoms with E-state index in [2.05, 4.69) is 28.4 Å².